The second-order valence-corrected chi connectivity index (χ2v) is 4.37. The molecule has 98 valence electrons. The van der Waals surface area contributed by atoms with Crippen LogP contribution in [0.2, 0.25) is 0 Å². The summed E-state index contributed by atoms with van der Waals surface area (Å²) in [6.45, 7) is 5.88. The number of imidazole rings is 1. The number of aromatic nitrogens is 3. The molecule has 1 N–H and O–H groups in total. The summed E-state index contributed by atoms with van der Waals surface area (Å²) in [6.07, 6.45) is 6.02. The second kappa shape index (κ2) is 5.06. The fourth-order valence-corrected chi connectivity index (χ4v) is 1.81. The SMILES string of the molecule is Cc1cc(/C=C/C(=O)O)cnc1-n1cnc(C)c1C. The third kappa shape index (κ3) is 2.70. The summed E-state index contributed by atoms with van der Waals surface area (Å²) in [6, 6.07) is 1.90. The molecule has 0 saturated carbocycles. The summed E-state index contributed by atoms with van der Waals surface area (Å²) in [5.74, 6) is -0.159. The number of carbonyl (C=O) groups is 1. The summed E-state index contributed by atoms with van der Waals surface area (Å²) < 4.78 is 1.93. The van der Waals surface area contributed by atoms with Crippen LogP contribution in [0.1, 0.15) is 22.5 Å². The number of rotatable bonds is 3. The van der Waals surface area contributed by atoms with Crippen LogP contribution in [0.4, 0.5) is 0 Å². The molecule has 0 bridgehead atoms. The van der Waals surface area contributed by atoms with Crippen LogP contribution in [0.25, 0.3) is 11.9 Å². The van der Waals surface area contributed by atoms with Gasteiger partial charge in [0.15, 0.2) is 0 Å². The van der Waals surface area contributed by atoms with E-state index >= 15 is 0 Å². The molecule has 0 spiro atoms. The summed E-state index contributed by atoms with van der Waals surface area (Å²) in [5.41, 5.74) is 3.74. The van der Waals surface area contributed by atoms with Crippen molar-refractivity contribution in [2.24, 2.45) is 0 Å². The van der Waals surface area contributed by atoms with Gasteiger partial charge in [0.2, 0.25) is 0 Å². The largest absolute Gasteiger partial charge is 0.478 e. The van der Waals surface area contributed by atoms with Crippen LogP contribution in [0.15, 0.2) is 24.7 Å². The van der Waals surface area contributed by atoms with E-state index in [2.05, 4.69) is 9.97 Å². The van der Waals surface area contributed by atoms with E-state index in [4.69, 9.17) is 5.11 Å². The van der Waals surface area contributed by atoms with Gasteiger partial charge in [-0.05, 0) is 44.0 Å². The van der Waals surface area contributed by atoms with Crippen LogP contribution >= 0.6 is 0 Å². The van der Waals surface area contributed by atoms with E-state index in [0.717, 1.165) is 34.4 Å². The molecule has 0 radical (unpaired) electrons. The molecule has 0 aliphatic carbocycles. The molecular weight excluding hydrogens is 242 g/mol. The van der Waals surface area contributed by atoms with Gasteiger partial charge in [-0.3, -0.25) is 4.57 Å². The van der Waals surface area contributed by atoms with Gasteiger partial charge in [0.05, 0.1) is 5.69 Å². The quantitative estimate of drug-likeness (QED) is 0.856. The summed E-state index contributed by atoms with van der Waals surface area (Å²) in [7, 11) is 0. The molecule has 2 aromatic heterocycles. The van der Waals surface area contributed by atoms with Crippen molar-refractivity contribution in [3.05, 3.63) is 47.2 Å². The topological polar surface area (TPSA) is 68.0 Å². The first kappa shape index (κ1) is 13.0. The number of hydrogen-bond donors (Lipinski definition) is 1. The Morgan fingerprint density at radius 1 is 1.32 bits per heavy atom. The molecule has 0 atom stereocenters. The van der Waals surface area contributed by atoms with Gasteiger partial charge in [0.1, 0.15) is 12.1 Å². The van der Waals surface area contributed by atoms with E-state index in [1.165, 1.54) is 6.08 Å². The minimum Gasteiger partial charge on any atom is -0.478 e. The first-order chi connectivity index (χ1) is 8.99. The molecule has 0 unspecified atom stereocenters. The second-order valence-electron chi connectivity index (χ2n) is 4.37. The van der Waals surface area contributed by atoms with Crippen molar-refractivity contribution >= 4 is 12.0 Å². The van der Waals surface area contributed by atoms with Gasteiger partial charge in [0, 0.05) is 18.0 Å². The van der Waals surface area contributed by atoms with Crippen molar-refractivity contribution < 1.29 is 9.90 Å². The summed E-state index contributed by atoms with van der Waals surface area (Å²) >= 11 is 0. The third-order valence-corrected chi connectivity index (χ3v) is 2.97. The lowest BCUT2D eigenvalue weighted by Gasteiger charge is -2.08. The minimum atomic E-state index is -0.970. The van der Waals surface area contributed by atoms with Gasteiger partial charge in [0.25, 0.3) is 0 Å². The predicted octanol–water partition coefficient (Wildman–Crippen LogP) is 2.29. The Morgan fingerprint density at radius 3 is 2.58 bits per heavy atom. The summed E-state index contributed by atoms with van der Waals surface area (Å²) in [5, 5.41) is 8.60. The number of aryl methyl sites for hydroxylation is 2. The molecule has 2 aromatic rings. The smallest absolute Gasteiger partial charge is 0.328 e. The van der Waals surface area contributed by atoms with E-state index in [1.807, 2.05) is 31.4 Å². The Morgan fingerprint density at radius 2 is 2.05 bits per heavy atom. The first-order valence-corrected chi connectivity index (χ1v) is 5.87. The fourth-order valence-electron chi connectivity index (χ4n) is 1.81. The number of carboxylic acid groups (broad SMARTS) is 1. The Hall–Kier alpha value is -2.43. The highest BCUT2D eigenvalue weighted by Gasteiger charge is 2.08. The number of nitrogens with zero attached hydrogens (tertiary/aromatic N) is 3. The van der Waals surface area contributed by atoms with Crippen LogP contribution in [0.5, 0.6) is 0 Å². The van der Waals surface area contributed by atoms with Gasteiger partial charge in [-0.2, -0.15) is 0 Å². The van der Waals surface area contributed by atoms with Gasteiger partial charge in [-0.1, -0.05) is 0 Å². The zero-order chi connectivity index (χ0) is 14.0. The van der Waals surface area contributed by atoms with Gasteiger partial charge in [-0.25, -0.2) is 14.8 Å². The minimum absolute atomic E-state index is 0.762. The Kier molecular flexibility index (Phi) is 3.46. The Labute approximate surface area is 111 Å². The molecule has 0 amide bonds. The van der Waals surface area contributed by atoms with Crippen molar-refractivity contribution in [3.8, 4) is 5.82 Å². The van der Waals surface area contributed by atoms with Crippen molar-refractivity contribution in [2.45, 2.75) is 20.8 Å². The number of pyridine rings is 1. The zero-order valence-corrected chi connectivity index (χ0v) is 11.1. The standard InChI is InChI=1S/C14H15N3O2/c1-9-6-12(4-5-13(18)19)7-15-14(9)17-8-16-10(2)11(17)3/h4-8H,1-3H3,(H,18,19)/b5-4+. The van der Waals surface area contributed by atoms with Crippen molar-refractivity contribution in [2.75, 3.05) is 0 Å². The third-order valence-electron chi connectivity index (χ3n) is 2.97. The van der Waals surface area contributed by atoms with Gasteiger partial charge >= 0.3 is 5.97 Å². The molecule has 0 aromatic carbocycles. The predicted molar refractivity (Wildman–Crippen MR) is 72.2 cm³/mol. The zero-order valence-electron chi connectivity index (χ0n) is 11.1. The van der Waals surface area contributed by atoms with Crippen LogP contribution in [-0.4, -0.2) is 25.6 Å². The highest BCUT2D eigenvalue weighted by atomic mass is 16.4. The molecule has 0 aliphatic rings. The van der Waals surface area contributed by atoms with Crippen LogP contribution in [0.3, 0.4) is 0 Å². The summed E-state index contributed by atoms with van der Waals surface area (Å²) in [4.78, 5) is 19.1. The lowest BCUT2D eigenvalue weighted by molar-refractivity contribution is -0.131. The van der Waals surface area contributed by atoms with Crippen LogP contribution in [0, 0.1) is 20.8 Å². The van der Waals surface area contributed by atoms with Crippen LogP contribution in [-0.2, 0) is 4.79 Å². The van der Waals surface area contributed by atoms with Gasteiger partial charge < -0.3 is 5.11 Å². The first-order valence-electron chi connectivity index (χ1n) is 5.87. The highest BCUT2D eigenvalue weighted by Crippen LogP contribution is 2.17. The number of carboxylic acids is 1. The molecule has 19 heavy (non-hydrogen) atoms. The Bertz CT molecular complexity index is 657. The van der Waals surface area contributed by atoms with E-state index in [0.29, 0.717) is 0 Å². The average molecular weight is 257 g/mol. The van der Waals surface area contributed by atoms with Crippen molar-refractivity contribution in [3.63, 3.8) is 0 Å². The molecule has 2 rings (SSSR count). The Balaban J connectivity index is 2.40. The van der Waals surface area contributed by atoms with Crippen LogP contribution < -0.4 is 0 Å². The maximum atomic E-state index is 10.5. The monoisotopic (exact) mass is 257 g/mol. The fraction of sp³-hybridized carbons (Fsp3) is 0.214. The highest BCUT2D eigenvalue weighted by molar-refractivity contribution is 5.85. The molecule has 5 nitrogen and oxygen atoms in total. The molecular formula is C14H15N3O2. The number of aliphatic carboxylic acids is 1. The molecule has 0 saturated heterocycles. The maximum Gasteiger partial charge on any atom is 0.328 e. The van der Waals surface area contributed by atoms with Gasteiger partial charge in [-0.15, -0.1) is 0 Å². The number of hydrogen-bond acceptors (Lipinski definition) is 3. The maximum absolute atomic E-state index is 10.5. The van der Waals surface area contributed by atoms with Crippen molar-refractivity contribution in [1.82, 2.24) is 14.5 Å². The molecule has 5 heteroatoms. The normalized spacial score (nSPS) is 11.1. The average Bonchev–Trinajstić information content (AvgIpc) is 2.68. The van der Waals surface area contributed by atoms with E-state index in [1.54, 1.807) is 12.5 Å². The molecule has 0 fully saturated rings. The van der Waals surface area contributed by atoms with E-state index < -0.39 is 5.97 Å². The molecule has 0 aliphatic heterocycles. The lowest BCUT2D eigenvalue weighted by Crippen LogP contribution is -2.01. The van der Waals surface area contributed by atoms with E-state index in [-0.39, 0.29) is 0 Å². The van der Waals surface area contributed by atoms with Crippen molar-refractivity contribution in [1.29, 1.82) is 0 Å². The van der Waals surface area contributed by atoms with E-state index in [9.17, 15) is 4.79 Å². The lowest BCUT2D eigenvalue weighted by atomic mass is 10.2. The molecule has 2 heterocycles.